The number of likely N-dealkylation sites (N-methyl/N-ethyl adjacent to an activating group) is 1. The summed E-state index contributed by atoms with van der Waals surface area (Å²) in [5.41, 5.74) is 9.68. The first-order valence-corrected chi connectivity index (χ1v) is 20.4. The van der Waals surface area contributed by atoms with E-state index < -0.39 is 23.5 Å². The Morgan fingerprint density at radius 1 is 1.18 bits per heavy atom. The molecule has 7 heterocycles. The van der Waals surface area contributed by atoms with Crippen LogP contribution in [0.15, 0.2) is 41.9 Å². The van der Waals surface area contributed by atoms with Crippen molar-refractivity contribution < 1.29 is 23.9 Å². The maximum absolute atomic E-state index is 14.3. The van der Waals surface area contributed by atoms with Gasteiger partial charge in [0, 0.05) is 84.8 Å². The van der Waals surface area contributed by atoms with E-state index >= 15 is 0 Å². The number of ether oxygens (including phenoxy) is 2. The summed E-state index contributed by atoms with van der Waals surface area (Å²) in [5, 5.41) is 8.45. The smallest absolute Gasteiger partial charge is 0.324 e. The van der Waals surface area contributed by atoms with Crippen molar-refractivity contribution in [3.8, 4) is 22.5 Å². The first-order valence-electron chi connectivity index (χ1n) is 19.6. The summed E-state index contributed by atoms with van der Waals surface area (Å²) in [5.74, 6) is -0.683. The van der Waals surface area contributed by atoms with Gasteiger partial charge in [-0.15, -0.1) is 11.3 Å². The second-order valence-corrected chi connectivity index (χ2v) is 17.2. The van der Waals surface area contributed by atoms with Crippen LogP contribution in [0.4, 0.5) is 4.79 Å². The van der Waals surface area contributed by atoms with Gasteiger partial charge in [0.2, 0.25) is 0 Å². The van der Waals surface area contributed by atoms with Crippen molar-refractivity contribution in [2.24, 2.45) is 5.41 Å². The van der Waals surface area contributed by atoms with Crippen LogP contribution in [0.2, 0.25) is 0 Å². The van der Waals surface area contributed by atoms with E-state index in [1.165, 1.54) is 16.3 Å². The number of carbonyl (C=O) groups is 3. The van der Waals surface area contributed by atoms with Crippen molar-refractivity contribution in [3.63, 3.8) is 0 Å². The summed E-state index contributed by atoms with van der Waals surface area (Å²) in [6, 6.07) is 9.27. The molecule has 3 fully saturated rings. The lowest BCUT2D eigenvalue weighted by Gasteiger charge is -2.46. The minimum absolute atomic E-state index is 0.151. The average molecular weight is 769 g/mol. The number of amides is 3. The number of aromatic nitrogens is 3. The van der Waals surface area contributed by atoms with Crippen LogP contribution in [-0.4, -0.2) is 112 Å². The predicted molar refractivity (Wildman–Crippen MR) is 211 cm³/mol. The van der Waals surface area contributed by atoms with Crippen LogP contribution in [0.5, 0.6) is 0 Å². The van der Waals surface area contributed by atoms with Crippen LogP contribution < -0.4 is 10.7 Å². The maximum Gasteiger partial charge on any atom is 0.324 e. The number of aryl methyl sites for hydroxylation is 1. The zero-order valence-electron chi connectivity index (χ0n) is 32.6. The van der Waals surface area contributed by atoms with Gasteiger partial charge >= 0.3 is 12.0 Å². The lowest BCUT2D eigenvalue weighted by molar-refractivity contribution is -0.155. The van der Waals surface area contributed by atoms with Crippen LogP contribution in [0.1, 0.15) is 69.3 Å². The molecule has 3 saturated heterocycles. The molecule has 0 saturated carbocycles. The molecule has 8 rings (SSSR count). The Hall–Kier alpha value is -4.37. The van der Waals surface area contributed by atoms with Crippen molar-refractivity contribution in [1.29, 1.82) is 0 Å². The highest BCUT2D eigenvalue weighted by molar-refractivity contribution is 7.10. The second-order valence-electron chi connectivity index (χ2n) is 16.3. The van der Waals surface area contributed by atoms with Crippen molar-refractivity contribution in [2.45, 2.75) is 96.6 Å². The van der Waals surface area contributed by atoms with Crippen LogP contribution in [0.3, 0.4) is 0 Å². The summed E-state index contributed by atoms with van der Waals surface area (Å²) >= 11 is 1.48. The predicted octanol–water partition coefficient (Wildman–Crippen LogP) is 5.18. The van der Waals surface area contributed by atoms with Gasteiger partial charge in [0.25, 0.3) is 5.91 Å². The van der Waals surface area contributed by atoms with E-state index in [1.807, 2.05) is 29.5 Å². The summed E-state index contributed by atoms with van der Waals surface area (Å²) in [7, 11) is 3.79. The number of nitrogens with one attached hydrogen (secondary N) is 2. The highest BCUT2D eigenvalue weighted by Gasteiger charge is 2.48. The highest BCUT2D eigenvalue weighted by atomic mass is 32.1. The van der Waals surface area contributed by atoms with Crippen LogP contribution in [-0.2, 0) is 38.4 Å². The summed E-state index contributed by atoms with van der Waals surface area (Å²) in [6.07, 6.45) is 4.52. The van der Waals surface area contributed by atoms with E-state index in [0.717, 1.165) is 69.2 Å². The highest BCUT2D eigenvalue weighted by Crippen LogP contribution is 2.42. The SMILES string of the molecule is CCn1c(-c2cccnc2[C@H](C)OC)c2c3cc(ccc31)-c1csc(n1)C[C@H](NC(=O)N1C[C@@H]3[C@H]1CCN3C)C(=O)N1CCC[C@H](N1)C(=O)OCC(C)(C)C2. The third-order valence-electron chi connectivity index (χ3n) is 12.0. The molecule has 4 aliphatic heterocycles. The van der Waals surface area contributed by atoms with Crippen LogP contribution >= 0.6 is 11.3 Å². The fraction of sp³-hybridized carbons (Fsp3) is 0.537. The fourth-order valence-electron chi connectivity index (χ4n) is 8.84. The molecule has 4 aliphatic rings. The number of benzene rings is 1. The number of hydrogen-bond acceptors (Lipinski definition) is 10. The number of likely N-dealkylation sites (tertiary alicyclic amines) is 2. The molecule has 0 spiro atoms. The van der Waals surface area contributed by atoms with Gasteiger partial charge in [0.05, 0.1) is 40.8 Å². The number of hydrazine groups is 1. The minimum atomic E-state index is -0.872. The van der Waals surface area contributed by atoms with Crippen molar-refractivity contribution in [2.75, 3.05) is 40.4 Å². The molecule has 13 nitrogen and oxygen atoms in total. The molecule has 0 aliphatic carbocycles. The van der Waals surface area contributed by atoms with Gasteiger partial charge < -0.3 is 24.3 Å². The standard InChI is InChI=1S/C41H52N8O5S/c1-7-47-32-13-12-25-18-27(32)28(37(47)26-10-8-15-42-36(26)24(2)53-6)20-41(3,4)23-54-39(51)29-11-9-16-49(45-29)38(50)30(19-35-43-31(25)22-55-35)44-40(52)48-21-34-33(48)14-17-46(34)5/h8,10,12-13,15,18,22,24,29-30,33-34,45H,7,9,11,14,16-17,19-21,23H2,1-6H3,(H,44,52)/t24-,29-,30-,33+,34+/m0/s1. The lowest BCUT2D eigenvalue weighted by Crippen LogP contribution is -2.67. The number of thiazole rings is 1. The topological polar surface area (TPSA) is 134 Å². The molecule has 3 aromatic heterocycles. The molecule has 1 aromatic carbocycles. The number of fused-ring (bicyclic) bond motifs is 7. The van der Waals surface area contributed by atoms with E-state index in [9.17, 15) is 14.4 Å². The Morgan fingerprint density at radius 3 is 2.80 bits per heavy atom. The Balaban J connectivity index is 1.21. The van der Waals surface area contributed by atoms with Crippen LogP contribution in [0.25, 0.3) is 33.4 Å². The number of methoxy groups -OCH3 is 1. The minimum Gasteiger partial charge on any atom is -0.464 e. The number of rotatable bonds is 5. The van der Waals surface area contributed by atoms with E-state index in [2.05, 4.69) is 72.3 Å². The van der Waals surface area contributed by atoms with Gasteiger partial charge in [-0.1, -0.05) is 19.9 Å². The molecule has 0 unspecified atom stereocenters. The van der Waals surface area contributed by atoms with E-state index in [-0.39, 0.29) is 37.1 Å². The number of hydrogen-bond donors (Lipinski definition) is 2. The molecule has 5 atom stereocenters. The third-order valence-corrected chi connectivity index (χ3v) is 12.8. The van der Waals surface area contributed by atoms with Crippen LogP contribution in [0, 0.1) is 5.41 Å². The zero-order chi connectivity index (χ0) is 38.6. The van der Waals surface area contributed by atoms with Gasteiger partial charge in [0.1, 0.15) is 12.1 Å². The second kappa shape index (κ2) is 14.9. The average Bonchev–Trinajstić information content (AvgIpc) is 3.85. The molecule has 14 heteroatoms. The Kier molecular flexibility index (Phi) is 10.2. The Labute approximate surface area is 326 Å². The largest absolute Gasteiger partial charge is 0.464 e. The molecule has 6 bridgehead atoms. The fourth-order valence-corrected chi connectivity index (χ4v) is 9.69. The number of carbonyl (C=O) groups excluding carboxylic acids is 3. The molecule has 2 N–H and O–H groups in total. The van der Waals surface area contributed by atoms with Gasteiger partial charge in [-0.2, -0.15) is 0 Å². The maximum atomic E-state index is 14.3. The monoisotopic (exact) mass is 768 g/mol. The van der Waals surface area contributed by atoms with Crippen molar-refractivity contribution in [3.05, 3.63) is 58.2 Å². The van der Waals surface area contributed by atoms with Gasteiger partial charge in [-0.05, 0) is 76.4 Å². The number of cyclic esters (lactones) is 1. The number of pyridine rings is 1. The molecule has 55 heavy (non-hydrogen) atoms. The summed E-state index contributed by atoms with van der Waals surface area (Å²) in [6.45, 7) is 11.3. The van der Waals surface area contributed by atoms with Gasteiger partial charge in [-0.3, -0.25) is 24.5 Å². The van der Waals surface area contributed by atoms with Gasteiger partial charge in [-0.25, -0.2) is 15.2 Å². The quantitative estimate of drug-likeness (QED) is 0.264. The molecular formula is C41H52N8O5S. The first kappa shape index (κ1) is 37.5. The summed E-state index contributed by atoms with van der Waals surface area (Å²) < 4.78 is 14.2. The van der Waals surface area contributed by atoms with Crippen molar-refractivity contribution >= 4 is 40.1 Å². The molecule has 4 aromatic rings. The van der Waals surface area contributed by atoms with Crippen molar-refractivity contribution in [1.82, 2.24) is 40.1 Å². The number of esters is 1. The zero-order valence-corrected chi connectivity index (χ0v) is 33.4. The van der Waals surface area contributed by atoms with E-state index in [0.29, 0.717) is 38.4 Å². The molecule has 3 amide bonds. The molecule has 0 radical (unpaired) electrons. The van der Waals surface area contributed by atoms with E-state index in [1.54, 1.807) is 7.11 Å². The van der Waals surface area contributed by atoms with E-state index in [4.69, 9.17) is 19.4 Å². The Morgan fingerprint density at radius 2 is 2.02 bits per heavy atom. The first-order chi connectivity index (χ1) is 26.5. The number of urea groups is 1. The Bertz CT molecular complexity index is 2110. The lowest BCUT2D eigenvalue weighted by atomic mass is 9.84. The molecular weight excluding hydrogens is 717 g/mol. The normalized spacial score (nSPS) is 24.9. The summed E-state index contributed by atoms with van der Waals surface area (Å²) in [4.78, 5) is 55.7. The molecule has 292 valence electrons. The van der Waals surface area contributed by atoms with Gasteiger partial charge in [0.15, 0.2) is 0 Å². The number of nitrogens with zero attached hydrogens (tertiary/aromatic N) is 6. The third kappa shape index (κ3) is 7.02.